The molecule has 0 spiro atoms. The normalized spacial score (nSPS) is 17.0. The highest BCUT2D eigenvalue weighted by Crippen LogP contribution is 2.44. The van der Waals surface area contributed by atoms with Crippen LogP contribution in [0.5, 0.6) is 0 Å². The van der Waals surface area contributed by atoms with Crippen molar-refractivity contribution in [3.8, 4) is 11.1 Å². The van der Waals surface area contributed by atoms with E-state index in [1.165, 1.54) is 66.4 Å². The molecule has 47 heavy (non-hydrogen) atoms. The number of nitrogens with one attached hydrogen (secondary N) is 2. The first-order chi connectivity index (χ1) is 23.1. The lowest BCUT2D eigenvalue weighted by atomic mass is 9.83. The molecule has 6 aromatic rings. The van der Waals surface area contributed by atoms with Gasteiger partial charge in [0, 0.05) is 28.7 Å². The maximum atomic E-state index is 8.12. The summed E-state index contributed by atoms with van der Waals surface area (Å²) in [6.07, 6.45) is 24.6. The summed E-state index contributed by atoms with van der Waals surface area (Å²) in [5.74, 6) is 0. The standard InChI is InChI=1S/C45H36N2/c1-4-13-43-35(41(29-46)42(5-2)47-43)26-24-31-25-27-39-40(28-31)44(33-18-10-14-30(3)15-11-19-33)37-21-8-9-22-38(37)45(39)36-23-12-17-32-16-6-7-20-34(32)36/h4-29,46-47H,2H2,1,3H3/b13-4-,14-10+,15-11?,18-10?,19-11-,26-24+,30-14?,30-15+,33-18+,33-19?,46-29?. The van der Waals surface area contributed by atoms with Gasteiger partial charge in [-0.25, -0.2) is 0 Å². The van der Waals surface area contributed by atoms with E-state index in [1.807, 2.05) is 19.1 Å². The first-order valence-electron chi connectivity index (χ1n) is 16.0. The molecule has 2 N–H and O–H groups in total. The smallest absolute Gasteiger partial charge is 0.0474 e. The van der Waals surface area contributed by atoms with Crippen molar-refractivity contribution in [3.05, 3.63) is 173 Å². The molecule has 0 amide bonds. The average Bonchev–Trinajstić information content (AvgIpc) is 3.44. The number of fused-ring (bicyclic) bond motifs is 3. The Kier molecular flexibility index (Phi) is 8.08. The fourth-order valence-corrected chi connectivity index (χ4v) is 6.77. The van der Waals surface area contributed by atoms with Crippen LogP contribution in [0.2, 0.25) is 0 Å². The molecule has 0 bridgehead atoms. The highest BCUT2D eigenvalue weighted by atomic mass is 14.7. The molecule has 0 fully saturated rings. The van der Waals surface area contributed by atoms with Crippen LogP contribution in [0.4, 0.5) is 0 Å². The van der Waals surface area contributed by atoms with E-state index >= 15 is 0 Å². The van der Waals surface area contributed by atoms with Gasteiger partial charge in [-0.3, -0.25) is 0 Å². The molecule has 226 valence electrons. The summed E-state index contributed by atoms with van der Waals surface area (Å²) in [7, 11) is 0. The zero-order valence-electron chi connectivity index (χ0n) is 26.7. The van der Waals surface area contributed by atoms with Crippen molar-refractivity contribution in [2.24, 2.45) is 0 Å². The second-order valence-corrected chi connectivity index (χ2v) is 11.8. The Morgan fingerprint density at radius 3 is 2.17 bits per heavy atom. The molecule has 1 heterocycles. The lowest BCUT2D eigenvalue weighted by Gasteiger charge is -2.20. The third kappa shape index (κ3) is 5.45. The molecular weight excluding hydrogens is 569 g/mol. The first-order valence-corrected chi connectivity index (χ1v) is 16.0. The molecule has 0 atom stereocenters. The molecule has 2 nitrogen and oxygen atoms in total. The summed E-state index contributed by atoms with van der Waals surface area (Å²) in [5, 5.41) is 15.5. The number of hydrogen-bond donors (Lipinski definition) is 2. The van der Waals surface area contributed by atoms with Crippen LogP contribution in [-0.4, -0.2) is 11.2 Å². The number of hydrogen-bond acceptors (Lipinski definition) is 1. The van der Waals surface area contributed by atoms with E-state index in [9.17, 15) is 0 Å². The van der Waals surface area contributed by atoms with Gasteiger partial charge < -0.3 is 10.4 Å². The summed E-state index contributed by atoms with van der Waals surface area (Å²) in [5.41, 5.74) is 10.8. The third-order valence-corrected chi connectivity index (χ3v) is 8.93. The van der Waals surface area contributed by atoms with E-state index < -0.39 is 0 Å². The second-order valence-electron chi connectivity index (χ2n) is 11.8. The SMILES string of the molecule is C=Cc1[nH]c(/C=C\C)c(/C=C/c2ccc3c(-c4cccc5ccccc45)c4ccccc4c(C4=C/C=C/C(C)=C/C=C\4)c3c2)c1C=N. The molecule has 0 radical (unpaired) electrons. The summed E-state index contributed by atoms with van der Waals surface area (Å²) in [6, 6.07) is 30.9. The van der Waals surface area contributed by atoms with Crippen molar-refractivity contribution in [3.63, 3.8) is 0 Å². The molecule has 7 rings (SSSR count). The topological polar surface area (TPSA) is 39.6 Å². The zero-order chi connectivity index (χ0) is 32.3. The van der Waals surface area contributed by atoms with Crippen molar-refractivity contribution in [1.29, 1.82) is 5.41 Å². The van der Waals surface area contributed by atoms with Gasteiger partial charge in [0.25, 0.3) is 0 Å². The van der Waals surface area contributed by atoms with Gasteiger partial charge in [0.1, 0.15) is 0 Å². The molecular formula is C45H36N2. The van der Waals surface area contributed by atoms with Crippen LogP contribution in [0.3, 0.4) is 0 Å². The highest BCUT2D eigenvalue weighted by molar-refractivity contribution is 6.22. The molecule has 1 aliphatic carbocycles. The van der Waals surface area contributed by atoms with E-state index in [1.54, 1.807) is 6.08 Å². The fourth-order valence-electron chi connectivity index (χ4n) is 6.77. The van der Waals surface area contributed by atoms with Crippen molar-refractivity contribution >= 4 is 68.4 Å². The number of aromatic nitrogens is 1. The molecule has 0 unspecified atom stereocenters. The van der Waals surface area contributed by atoms with Gasteiger partial charge in [0.15, 0.2) is 0 Å². The molecule has 2 heteroatoms. The minimum Gasteiger partial charge on any atom is -0.354 e. The Balaban J connectivity index is 1.54. The number of H-pyrrole nitrogens is 1. The lowest BCUT2D eigenvalue weighted by molar-refractivity contribution is 1.34. The maximum Gasteiger partial charge on any atom is 0.0474 e. The molecule has 1 aliphatic rings. The zero-order valence-corrected chi connectivity index (χ0v) is 26.7. The quantitative estimate of drug-likeness (QED) is 0.134. The molecule has 0 aliphatic heterocycles. The molecule has 5 aromatic carbocycles. The van der Waals surface area contributed by atoms with E-state index in [4.69, 9.17) is 5.41 Å². The van der Waals surface area contributed by atoms with Gasteiger partial charge in [0.2, 0.25) is 0 Å². The number of benzene rings is 5. The van der Waals surface area contributed by atoms with Crippen molar-refractivity contribution in [2.45, 2.75) is 13.8 Å². The van der Waals surface area contributed by atoms with Crippen molar-refractivity contribution < 1.29 is 0 Å². The van der Waals surface area contributed by atoms with Crippen LogP contribution in [0, 0.1) is 5.41 Å². The average molecular weight is 605 g/mol. The third-order valence-electron chi connectivity index (χ3n) is 8.93. The van der Waals surface area contributed by atoms with E-state index in [2.05, 4.69) is 152 Å². The van der Waals surface area contributed by atoms with Gasteiger partial charge in [0.05, 0.1) is 0 Å². The minimum atomic E-state index is 0.829. The Bertz CT molecular complexity index is 2390. The summed E-state index contributed by atoms with van der Waals surface area (Å²) < 4.78 is 0. The lowest BCUT2D eigenvalue weighted by Crippen LogP contribution is -1.94. The fraction of sp³-hybridized carbons (Fsp3) is 0.0444. The van der Waals surface area contributed by atoms with Gasteiger partial charge in [-0.1, -0.05) is 146 Å². The van der Waals surface area contributed by atoms with Crippen molar-refractivity contribution in [2.75, 3.05) is 0 Å². The molecule has 0 saturated carbocycles. The summed E-state index contributed by atoms with van der Waals surface area (Å²) in [6.45, 7) is 8.07. The van der Waals surface area contributed by atoms with E-state index in [0.29, 0.717) is 0 Å². The second kappa shape index (κ2) is 12.8. The van der Waals surface area contributed by atoms with E-state index in [0.717, 1.165) is 28.1 Å². The number of rotatable bonds is 7. The van der Waals surface area contributed by atoms with Crippen LogP contribution < -0.4 is 0 Å². The predicted octanol–water partition coefficient (Wildman–Crippen LogP) is 12.4. The predicted molar refractivity (Wildman–Crippen MR) is 207 cm³/mol. The van der Waals surface area contributed by atoms with Crippen LogP contribution in [0.25, 0.3) is 73.3 Å². The Morgan fingerprint density at radius 2 is 1.38 bits per heavy atom. The summed E-state index contributed by atoms with van der Waals surface area (Å²) in [4.78, 5) is 3.41. The van der Waals surface area contributed by atoms with Gasteiger partial charge in [-0.15, -0.1) is 0 Å². The minimum absolute atomic E-state index is 0.829. The first kappa shape index (κ1) is 29.7. The summed E-state index contributed by atoms with van der Waals surface area (Å²) >= 11 is 0. The maximum absolute atomic E-state index is 8.12. The van der Waals surface area contributed by atoms with Crippen LogP contribution in [0.15, 0.2) is 140 Å². The highest BCUT2D eigenvalue weighted by Gasteiger charge is 2.19. The Morgan fingerprint density at radius 1 is 0.660 bits per heavy atom. The van der Waals surface area contributed by atoms with Gasteiger partial charge >= 0.3 is 0 Å². The van der Waals surface area contributed by atoms with Crippen LogP contribution >= 0.6 is 0 Å². The molecule has 0 saturated heterocycles. The Hall–Kier alpha value is -5.99. The number of aromatic amines is 1. The largest absolute Gasteiger partial charge is 0.354 e. The Labute approximate surface area is 276 Å². The van der Waals surface area contributed by atoms with Crippen molar-refractivity contribution in [1.82, 2.24) is 4.98 Å². The van der Waals surface area contributed by atoms with Gasteiger partial charge in [-0.2, -0.15) is 0 Å². The van der Waals surface area contributed by atoms with E-state index in [-0.39, 0.29) is 0 Å². The van der Waals surface area contributed by atoms with Crippen LogP contribution in [-0.2, 0) is 0 Å². The number of allylic oxidation sites excluding steroid dienone is 9. The van der Waals surface area contributed by atoms with Crippen LogP contribution in [0.1, 0.15) is 47.5 Å². The molecule has 1 aromatic heterocycles. The van der Waals surface area contributed by atoms with Gasteiger partial charge in [-0.05, 0) is 92.2 Å². The monoisotopic (exact) mass is 604 g/mol.